The summed E-state index contributed by atoms with van der Waals surface area (Å²) in [5.74, 6) is -0.196. The lowest BCUT2D eigenvalue weighted by Crippen LogP contribution is -1.90. The minimum atomic E-state index is -0.196. The van der Waals surface area contributed by atoms with Gasteiger partial charge in [-0.3, -0.25) is 4.98 Å². The Bertz CT molecular complexity index is 492. The summed E-state index contributed by atoms with van der Waals surface area (Å²) in [6, 6.07) is 8.72. The van der Waals surface area contributed by atoms with E-state index in [1.54, 1.807) is 18.3 Å². The van der Waals surface area contributed by atoms with E-state index in [9.17, 15) is 4.39 Å². The van der Waals surface area contributed by atoms with E-state index in [2.05, 4.69) is 4.98 Å². The van der Waals surface area contributed by atoms with E-state index in [0.29, 0.717) is 0 Å². The normalized spacial score (nSPS) is 9.47. The van der Waals surface area contributed by atoms with Crippen molar-refractivity contribution in [2.75, 3.05) is 0 Å². The number of pyridine rings is 1. The molecule has 0 saturated heterocycles. The molecule has 2 rings (SSSR count). The van der Waals surface area contributed by atoms with Gasteiger partial charge in [0.15, 0.2) is 0 Å². The fraction of sp³-hybridized carbons (Fsp3) is 0.267. The van der Waals surface area contributed by atoms with E-state index >= 15 is 0 Å². The molecule has 0 atom stereocenters. The number of hydrogen-bond acceptors (Lipinski definition) is 1. The van der Waals surface area contributed by atoms with Crippen molar-refractivity contribution in [2.45, 2.75) is 27.7 Å². The van der Waals surface area contributed by atoms with Crippen LogP contribution in [0.3, 0.4) is 0 Å². The molecule has 0 aliphatic carbocycles. The summed E-state index contributed by atoms with van der Waals surface area (Å²) in [5, 5.41) is 0. The maximum absolute atomic E-state index is 12.9. The molecule has 0 radical (unpaired) electrons. The highest BCUT2D eigenvalue weighted by atomic mass is 19.1. The van der Waals surface area contributed by atoms with Gasteiger partial charge in [0.2, 0.25) is 0 Å². The fourth-order valence-corrected chi connectivity index (χ4v) is 1.70. The topological polar surface area (TPSA) is 12.9 Å². The summed E-state index contributed by atoms with van der Waals surface area (Å²) in [7, 11) is 0. The first kappa shape index (κ1) is 13.4. The van der Waals surface area contributed by atoms with Crippen LogP contribution in [0.4, 0.5) is 4.39 Å². The molecule has 0 fully saturated rings. The van der Waals surface area contributed by atoms with Crippen molar-refractivity contribution in [2.24, 2.45) is 0 Å². The van der Waals surface area contributed by atoms with Gasteiger partial charge in [-0.1, -0.05) is 26.0 Å². The van der Waals surface area contributed by atoms with Gasteiger partial charge in [0.1, 0.15) is 5.82 Å². The van der Waals surface area contributed by atoms with E-state index in [1.807, 2.05) is 39.8 Å². The molecule has 1 nitrogen and oxygen atoms in total. The molecule has 0 aliphatic rings. The maximum Gasteiger partial charge on any atom is 0.123 e. The molecule has 0 amide bonds. The lowest BCUT2D eigenvalue weighted by atomic mass is 10.00. The zero-order valence-corrected chi connectivity index (χ0v) is 10.8. The molecule has 0 N–H and O–H groups in total. The molecule has 1 heterocycles. The molecule has 17 heavy (non-hydrogen) atoms. The predicted octanol–water partition coefficient (Wildman–Crippen LogP) is 4.53. The van der Waals surface area contributed by atoms with E-state index in [0.717, 1.165) is 22.4 Å². The van der Waals surface area contributed by atoms with E-state index < -0.39 is 0 Å². The number of rotatable bonds is 1. The van der Waals surface area contributed by atoms with Crippen LogP contribution in [0.5, 0.6) is 0 Å². The van der Waals surface area contributed by atoms with Crippen LogP contribution in [0.15, 0.2) is 36.5 Å². The highest BCUT2D eigenvalue weighted by Gasteiger charge is 2.05. The molecule has 0 unspecified atom stereocenters. The van der Waals surface area contributed by atoms with Crippen molar-refractivity contribution in [3.05, 3.63) is 53.6 Å². The second-order valence-corrected chi connectivity index (χ2v) is 3.60. The maximum atomic E-state index is 12.9. The zero-order chi connectivity index (χ0) is 12.8. The van der Waals surface area contributed by atoms with Gasteiger partial charge in [-0.15, -0.1) is 0 Å². The number of aromatic nitrogens is 1. The minimum absolute atomic E-state index is 0.196. The van der Waals surface area contributed by atoms with Crippen LogP contribution in [0.1, 0.15) is 25.1 Å². The first-order valence-corrected chi connectivity index (χ1v) is 5.86. The lowest BCUT2D eigenvalue weighted by Gasteiger charge is -2.08. The molecule has 0 saturated carbocycles. The summed E-state index contributed by atoms with van der Waals surface area (Å²) < 4.78 is 12.9. The molecule has 2 aromatic rings. The summed E-state index contributed by atoms with van der Waals surface area (Å²) in [4.78, 5) is 4.23. The standard InChI is InChI=1S/C13H12FN.C2H6/c1-9-8-11(14)5-6-12(9)13-4-3-7-15-10(13)2;1-2/h3-8H,1-2H3;1-2H3. The summed E-state index contributed by atoms with van der Waals surface area (Å²) in [6.45, 7) is 7.86. The Kier molecular flexibility index (Phi) is 4.83. The van der Waals surface area contributed by atoms with Crippen molar-refractivity contribution in [3.63, 3.8) is 0 Å². The van der Waals surface area contributed by atoms with Crippen LogP contribution in [-0.2, 0) is 0 Å². The zero-order valence-electron chi connectivity index (χ0n) is 10.8. The largest absolute Gasteiger partial charge is 0.261 e. The molecule has 0 bridgehead atoms. The molecular formula is C15H18FN. The number of hydrogen-bond donors (Lipinski definition) is 0. The average molecular weight is 231 g/mol. The van der Waals surface area contributed by atoms with E-state index in [4.69, 9.17) is 0 Å². The Morgan fingerprint density at radius 1 is 1.00 bits per heavy atom. The van der Waals surface area contributed by atoms with Crippen LogP contribution in [0, 0.1) is 19.7 Å². The highest BCUT2D eigenvalue weighted by Crippen LogP contribution is 2.25. The van der Waals surface area contributed by atoms with Gasteiger partial charge in [-0.25, -0.2) is 4.39 Å². The Labute approximate surface area is 102 Å². The third kappa shape index (κ3) is 3.13. The van der Waals surface area contributed by atoms with Crippen molar-refractivity contribution >= 4 is 0 Å². The van der Waals surface area contributed by atoms with Gasteiger partial charge in [0.25, 0.3) is 0 Å². The smallest absolute Gasteiger partial charge is 0.123 e. The van der Waals surface area contributed by atoms with Crippen LogP contribution in [-0.4, -0.2) is 4.98 Å². The second-order valence-electron chi connectivity index (χ2n) is 3.60. The molecular weight excluding hydrogens is 213 g/mol. The molecule has 2 heteroatoms. The molecule has 0 spiro atoms. The quantitative estimate of drug-likeness (QED) is 0.702. The van der Waals surface area contributed by atoms with Gasteiger partial charge < -0.3 is 0 Å². The number of benzene rings is 1. The lowest BCUT2D eigenvalue weighted by molar-refractivity contribution is 0.627. The van der Waals surface area contributed by atoms with Gasteiger partial charge in [0.05, 0.1) is 0 Å². The van der Waals surface area contributed by atoms with Crippen LogP contribution >= 0.6 is 0 Å². The molecule has 1 aromatic heterocycles. The Hall–Kier alpha value is -1.70. The molecule has 90 valence electrons. The van der Waals surface area contributed by atoms with Crippen molar-refractivity contribution in [1.29, 1.82) is 0 Å². The minimum Gasteiger partial charge on any atom is -0.261 e. The van der Waals surface area contributed by atoms with Crippen LogP contribution < -0.4 is 0 Å². The number of nitrogens with zero attached hydrogens (tertiary/aromatic N) is 1. The van der Waals surface area contributed by atoms with Crippen LogP contribution in [0.2, 0.25) is 0 Å². The van der Waals surface area contributed by atoms with Gasteiger partial charge in [-0.05, 0) is 43.2 Å². The average Bonchev–Trinajstić information content (AvgIpc) is 2.33. The first-order valence-electron chi connectivity index (χ1n) is 5.86. The summed E-state index contributed by atoms with van der Waals surface area (Å²) in [6.07, 6.45) is 1.76. The van der Waals surface area contributed by atoms with E-state index in [1.165, 1.54) is 6.07 Å². The molecule has 1 aromatic carbocycles. The summed E-state index contributed by atoms with van der Waals surface area (Å²) in [5.41, 5.74) is 4.01. The van der Waals surface area contributed by atoms with Gasteiger partial charge >= 0.3 is 0 Å². The van der Waals surface area contributed by atoms with Crippen molar-refractivity contribution in [1.82, 2.24) is 4.98 Å². The second kappa shape index (κ2) is 6.14. The Morgan fingerprint density at radius 2 is 1.71 bits per heavy atom. The SMILES string of the molecule is CC.Cc1cc(F)ccc1-c1cccnc1C. The van der Waals surface area contributed by atoms with E-state index in [-0.39, 0.29) is 5.82 Å². The van der Waals surface area contributed by atoms with Gasteiger partial charge in [-0.2, -0.15) is 0 Å². The monoisotopic (exact) mass is 231 g/mol. The third-order valence-electron chi connectivity index (χ3n) is 2.49. The fourth-order valence-electron chi connectivity index (χ4n) is 1.70. The Balaban J connectivity index is 0.000000686. The van der Waals surface area contributed by atoms with Crippen molar-refractivity contribution < 1.29 is 4.39 Å². The highest BCUT2D eigenvalue weighted by molar-refractivity contribution is 5.68. The summed E-state index contributed by atoms with van der Waals surface area (Å²) >= 11 is 0. The Morgan fingerprint density at radius 3 is 2.29 bits per heavy atom. The van der Waals surface area contributed by atoms with Gasteiger partial charge in [0, 0.05) is 17.5 Å². The molecule has 0 aliphatic heterocycles. The van der Waals surface area contributed by atoms with Crippen LogP contribution in [0.25, 0.3) is 11.1 Å². The number of aryl methyl sites for hydroxylation is 2. The first-order chi connectivity index (χ1) is 8.18. The third-order valence-corrected chi connectivity index (χ3v) is 2.49. The number of halogens is 1. The predicted molar refractivity (Wildman–Crippen MR) is 70.5 cm³/mol. The van der Waals surface area contributed by atoms with Crippen molar-refractivity contribution in [3.8, 4) is 11.1 Å².